The lowest BCUT2D eigenvalue weighted by Gasteiger charge is -2.26. The molecule has 0 N–H and O–H groups in total. The summed E-state index contributed by atoms with van der Waals surface area (Å²) >= 11 is 0. The average Bonchev–Trinajstić information content (AvgIpc) is 3.87. The maximum absolute atomic E-state index is 6.46. The summed E-state index contributed by atoms with van der Waals surface area (Å²) in [6.45, 7) is 0. The Labute approximate surface area is 305 Å². The Morgan fingerprint density at radius 2 is 1.06 bits per heavy atom. The van der Waals surface area contributed by atoms with Gasteiger partial charge in [-0.15, -0.1) is 0 Å². The number of hydrogen-bond donors (Lipinski definition) is 0. The van der Waals surface area contributed by atoms with Crippen LogP contribution in [-0.4, -0.2) is 4.57 Å². The number of benzene rings is 9. The first-order valence-electron chi connectivity index (χ1n) is 18.2. The molecule has 2 aromatic heterocycles. The predicted octanol–water partition coefficient (Wildman–Crippen LogP) is 14.1. The molecule has 1 aliphatic rings. The van der Waals surface area contributed by atoms with E-state index in [9.17, 15) is 0 Å². The molecule has 11 aromatic rings. The minimum Gasteiger partial charge on any atom is -0.456 e. The minimum absolute atomic E-state index is 0.875. The summed E-state index contributed by atoms with van der Waals surface area (Å²) in [7, 11) is 0. The number of aromatic nitrogens is 1. The topological polar surface area (TPSA) is 21.3 Å². The van der Waals surface area contributed by atoms with Crippen molar-refractivity contribution in [1.29, 1.82) is 0 Å². The quantitative estimate of drug-likeness (QED) is 0.173. The highest BCUT2D eigenvalue weighted by atomic mass is 16.3. The highest BCUT2D eigenvalue weighted by molar-refractivity contribution is 6.24. The van der Waals surface area contributed by atoms with Gasteiger partial charge in [0.05, 0.1) is 11.0 Å². The Morgan fingerprint density at radius 3 is 1.98 bits per heavy atom. The van der Waals surface area contributed by atoms with E-state index in [1.54, 1.807) is 0 Å². The van der Waals surface area contributed by atoms with Crippen LogP contribution in [0.2, 0.25) is 0 Å². The highest BCUT2D eigenvalue weighted by Gasteiger charge is 2.26. The van der Waals surface area contributed by atoms with Gasteiger partial charge in [-0.25, -0.2) is 0 Å². The second kappa shape index (κ2) is 10.7. The van der Waals surface area contributed by atoms with Crippen LogP contribution in [-0.2, 0) is 0 Å². The molecule has 12 rings (SSSR count). The Bertz CT molecular complexity index is 3290. The van der Waals surface area contributed by atoms with Crippen molar-refractivity contribution in [1.82, 2.24) is 4.57 Å². The predicted molar refractivity (Wildman–Crippen MR) is 222 cm³/mol. The summed E-state index contributed by atoms with van der Waals surface area (Å²) in [6.07, 6.45) is 0. The Kier molecular flexibility index (Phi) is 5.77. The van der Waals surface area contributed by atoms with E-state index < -0.39 is 0 Å². The van der Waals surface area contributed by atoms with Crippen LogP contribution in [0, 0.1) is 0 Å². The molecule has 1 aliphatic carbocycles. The second-order valence-corrected chi connectivity index (χ2v) is 14.1. The molecule has 0 saturated heterocycles. The van der Waals surface area contributed by atoms with E-state index in [1.807, 2.05) is 12.1 Å². The summed E-state index contributed by atoms with van der Waals surface area (Å²) in [6, 6.07) is 66.1. The van der Waals surface area contributed by atoms with Gasteiger partial charge in [0.25, 0.3) is 0 Å². The molecule has 3 nitrogen and oxygen atoms in total. The molecule has 53 heavy (non-hydrogen) atoms. The largest absolute Gasteiger partial charge is 0.456 e. The van der Waals surface area contributed by atoms with Gasteiger partial charge in [0.15, 0.2) is 0 Å². The maximum Gasteiger partial charge on any atom is 0.137 e. The van der Waals surface area contributed by atoms with E-state index in [4.69, 9.17) is 4.42 Å². The second-order valence-electron chi connectivity index (χ2n) is 14.1. The highest BCUT2D eigenvalue weighted by Crippen LogP contribution is 2.52. The van der Waals surface area contributed by atoms with Gasteiger partial charge in [-0.3, -0.25) is 0 Å². The first-order valence-corrected chi connectivity index (χ1v) is 18.2. The van der Waals surface area contributed by atoms with E-state index in [-0.39, 0.29) is 0 Å². The lowest BCUT2D eigenvalue weighted by atomic mass is 9.96. The Balaban J connectivity index is 1.11. The molecule has 0 radical (unpaired) electrons. The first-order chi connectivity index (χ1) is 26.3. The fourth-order valence-corrected chi connectivity index (χ4v) is 8.99. The molecule has 9 aromatic carbocycles. The SMILES string of the molecule is c1ccc(-n2c3ccccc3c3cc(N(c4ccc5c(c4)-c4cccc6cc7ccccc7c-5c46)c4ccc5c(c4)oc4ccccc45)ccc32)cc1. The summed E-state index contributed by atoms with van der Waals surface area (Å²) < 4.78 is 8.83. The molecule has 0 amide bonds. The smallest absolute Gasteiger partial charge is 0.137 e. The fraction of sp³-hybridized carbons (Fsp3) is 0. The summed E-state index contributed by atoms with van der Waals surface area (Å²) in [5, 5.41) is 9.87. The first kappa shape index (κ1) is 28.6. The van der Waals surface area contributed by atoms with Crippen LogP contribution in [0.25, 0.3) is 93.2 Å². The molecule has 3 heteroatoms. The minimum atomic E-state index is 0.875. The zero-order chi connectivity index (χ0) is 34.6. The monoisotopic (exact) mass is 674 g/mol. The van der Waals surface area contributed by atoms with Crippen LogP contribution in [0.1, 0.15) is 0 Å². The van der Waals surface area contributed by atoms with Gasteiger partial charge in [0.2, 0.25) is 0 Å². The van der Waals surface area contributed by atoms with Crippen LogP contribution >= 0.6 is 0 Å². The number of anilines is 3. The van der Waals surface area contributed by atoms with Crippen molar-refractivity contribution in [2.45, 2.75) is 0 Å². The maximum atomic E-state index is 6.46. The molecule has 0 aliphatic heterocycles. The number of fused-ring (bicyclic) bond motifs is 11. The standard InChI is InChI=1S/C50H30N2O/c1-2-13-33(14-3-1)52-45-19-8-6-16-38(45)44-29-35(23-26-46(44)52)51(36-21-24-40-39-17-7-9-20-47(39)53-48(40)30-36)34-22-25-42-43(28-34)41-18-10-12-32-27-31-11-4-5-15-37(31)50(42)49(32)41/h1-30H. The van der Waals surface area contributed by atoms with Gasteiger partial charge < -0.3 is 13.9 Å². The third kappa shape index (κ3) is 4.05. The van der Waals surface area contributed by atoms with Crippen LogP contribution in [0.5, 0.6) is 0 Å². The van der Waals surface area contributed by atoms with Crippen molar-refractivity contribution in [3.8, 4) is 27.9 Å². The molecular formula is C50H30N2O. The van der Waals surface area contributed by atoms with Crippen molar-refractivity contribution in [3.05, 3.63) is 182 Å². The van der Waals surface area contributed by atoms with Crippen molar-refractivity contribution in [2.24, 2.45) is 0 Å². The van der Waals surface area contributed by atoms with Crippen LogP contribution in [0.4, 0.5) is 17.1 Å². The molecule has 2 heterocycles. The normalized spacial score (nSPS) is 12.2. The molecule has 246 valence electrons. The fourth-order valence-electron chi connectivity index (χ4n) is 8.99. The van der Waals surface area contributed by atoms with Gasteiger partial charge in [-0.05, 0) is 117 Å². The number of nitrogens with zero attached hydrogens (tertiary/aromatic N) is 2. The lowest BCUT2D eigenvalue weighted by Crippen LogP contribution is -2.10. The van der Waals surface area contributed by atoms with E-state index in [0.29, 0.717) is 0 Å². The summed E-state index contributed by atoms with van der Waals surface area (Å²) in [5.41, 5.74) is 13.7. The van der Waals surface area contributed by atoms with Crippen molar-refractivity contribution in [3.63, 3.8) is 0 Å². The summed E-state index contributed by atoms with van der Waals surface area (Å²) in [5.74, 6) is 0. The zero-order valence-electron chi connectivity index (χ0n) is 28.6. The lowest BCUT2D eigenvalue weighted by molar-refractivity contribution is 0.669. The van der Waals surface area contributed by atoms with Crippen LogP contribution in [0.3, 0.4) is 0 Å². The number of rotatable bonds is 4. The third-order valence-corrected chi connectivity index (χ3v) is 11.3. The Morgan fingerprint density at radius 1 is 0.377 bits per heavy atom. The molecule has 0 unspecified atom stereocenters. The third-order valence-electron chi connectivity index (χ3n) is 11.3. The molecular weight excluding hydrogens is 645 g/mol. The van der Waals surface area contributed by atoms with Crippen LogP contribution in [0.15, 0.2) is 186 Å². The van der Waals surface area contributed by atoms with E-state index in [1.165, 1.54) is 65.6 Å². The van der Waals surface area contributed by atoms with Crippen molar-refractivity contribution in [2.75, 3.05) is 4.90 Å². The Hall–Kier alpha value is -7.10. The van der Waals surface area contributed by atoms with E-state index >= 15 is 0 Å². The molecule has 0 spiro atoms. The summed E-state index contributed by atoms with van der Waals surface area (Å²) in [4.78, 5) is 2.39. The van der Waals surface area contributed by atoms with Gasteiger partial charge in [-0.1, -0.05) is 103 Å². The van der Waals surface area contributed by atoms with Gasteiger partial charge in [-0.2, -0.15) is 0 Å². The number of furan rings is 1. The molecule has 0 atom stereocenters. The van der Waals surface area contributed by atoms with Gasteiger partial charge >= 0.3 is 0 Å². The molecule has 0 saturated carbocycles. The average molecular weight is 675 g/mol. The number of para-hydroxylation sites is 3. The van der Waals surface area contributed by atoms with Gasteiger partial charge in [0, 0.05) is 50.4 Å². The molecule has 0 fully saturated rings. The van der Waals surface area contributed by atoms with Gasteiger partial charge in [0.1, 0.15) is 11.2 Å². The van der Waals surface area contributed by atoms with Crippen molar-refractivity contribution >= 4 is 82.4 Å². The number of hydrogen-bond acceptors (Lipinski definition) is 2. The zero-order valence-corrected chi connectivity index (χ0v) is 28.6. The van der Waals surface area contributed by atoms with Crippen molar-refractivity contribution < 1.29 is 4.42 Å². The van der Waals surface area contributed by atoms with E-state index in [2.05, 4.69) is 179 Å². The van der Waals surface area contributed by atoms with Crippen LogP contribution < -0.4 is 4.90 Å². The van der Waals surface area contributed by atoms with E-state index in [0.717, 1.165) is 44.7 Å². The molecule has 0 bridgehead atoms.